The number of aryl methyl sites for hydroxylation is 3. The van der Waals surface area contributed by atoms with E-state index in [0.29, 0.717) is 5.92 Å². The number of nitrogens with zero attached hydrogens (tertiary/aromatic N) is 1. The molecule has 3 heteroatoms. The van der Waals surface area contributed by atoms with E-state index in [1.165, 1.54) is 63.4 Å². The van der Waals surface area contributed by atoms with Crippen LogP contribution in [0.3, 0.4) is 0 Å². The molecule has 2 atom stereocenters. The van der Waals surface area contributed by atoms with Crippen molar-refractivity contribution in [1.29, 1.82) is 0 Å². The lowest BCUT2D eigenvalue weighted by Gasteiger charge is -2.24. The molecule has 0 aromatic heterocycles. The minimum absolute atomic E-state index is 0.500. The lowest BCUT2D eigenvalue weighted by Crippen LogP contribution is -2.32. The molecule has 160 valence electrons. The van der Waals surface area contributed by atoms with Crippen molar-refractivity contribution in [2.45, 2.75) is 70.3 Å². The van der Waals surface area contributed by atoms with Crippen LogP contribution < -0.4 is 0 Å². The van der Waals surface area contributed by atoms with Crippen LogP contribution in [-0.2, 0) is 24.1 Å². The molecular weight excluding hydrogens is 370 g/mol. The number of likely N-dealkylation sites (tertiary alicyclic amines) is 1. The highest BCUT2D eigenvalue weighted by Crippen LogP contribution is 2.30. The van der Waals surface area contributed by atoms with Gasteiger partial charge in [-0.05, 0) is 86.1 Å². The van der Waals surface area contributed by atoms with Gasteiger partial charge in [0.1, 0.15) is 6.04 Å². The Labute approximate surface area is 181 Å². The Kier molecular flexibility index (Phi) is 7.22. The number of carbonyl (C=O) groups is 1. The Balaban J connectivity index is 1.19. The van der Waals surface area contributed by atoms with Gasteiger partial charge in [-0.2, -0.15) is 0 Å². The standard InChI is InChI=1S/C27H35NO2/c29-27(30)26(24-12-5-2-6-13-24)28-18-17-22(20-28)10-4-1-3-9-21-15-16-23-11-7-8-14-25(23)19-21/h2,5-6,12-13,15-16,19,22,26H,1,3-4,7-11,14,17-18,20H2,(H,29,30)/t22-,26?/m1/s1. The van der Waals surface area contributed by atoms with E-state index in [1.54, 1.807) is 11.1 Å². The van der Waals surface area contributed by atoms with Gasteiger partial charge in [0.2, 0.25) is 0 Å². The molecule has 3 nitrogen and oxygen atoms in total. The van der Waals surface area contributed by atoms with Crippen LogP contribution in [0.1, 0.15) is 73.2 Å². The second-order valence-corrected chi connectivity index (χ2v) is 9.21. The third kappa shape index (κ3) is 5.31. The van der Waals surface area contributed by atoms with Gasteiger partial charge < -0.3 is 5.11 Å². The molecule has 0 spiro atoms. The molecule has 1 N–H and O–H groups in total. The van der Waals surface area contributed by atoms with E-state index in [0.717, 1.165) is 25.1 Å². The number of hydrogen-bond donors (Lipinski definition) is 1. The minimum atomic E-state index is -0.730. The molecule has 2 aromatic carbocycles. The van der Waals surface area contributed by atoms with Crippen LogP contribution in [0, 0.1) is 5.92 Å². The van der Waals surface area contributed by atoms with Crippen molar-refractivity contribution in [3.63, 3.8) is 0 Å². The molecule has 1 heterocycles. The molecule has 0 radical (unpaired) electrons. The van der Waals surface area contributed by atoms with Gasteiger partial charge >= 0.3 is 5.97 Å². The van der Waals surface area contributed by atoms with E-state index in [4.69, 9.17) is 0 Å². The monoisotopic (exact) mass is 405 g/mol. The number of unbranched alkanes of at least 4 members (excludes halogenated alkanes) is 2. The maximum Gasteiger partial charge on any atom is 0.325 e. The van der Waals surface area contributed by atoms with Gasteiger partial charge in [0, 0.05) is 6.54 Å². The van der Waals surface area contributed by atoms with Gasteiger partial charge in [0.15, 0.2) is 0 Å². The lowest BCUT2D eigenvalue weighted by molar-refractivity contribution is -0.143. The maximum atomic E-state index is 11.9. The number of aliphatic carboxylic acids is 1. The third-order valence-electron chi connectivity index (χ3n) is 7.02. The fourth-order valence-electron chi connectivity index (χ4n) is 5.36. The second-order valence-electron chi connectivity index (χ2n) is 9.21. The Bertz CT molecular complexity index is 832. The summed E-state index contributed by atoms with van der Waals surface area (Å²) in [6.45, 7) is 1.81. The first-order valence-electron chi connectivity index (χ1n) is 11.8. The number of fused-ring (bicyclic) bond motifs is 1. The zero-order valence-electron chi connectivity index (χ0n) is 18.1. The van der Waals surface area contributed by atoms with Crippen molar-refractivity contribution in [2.24, 2.45) is 5.92 Å². The quantitative estimate of drug-likeness (QED) is 0.535. The summed E-state index contributed by atoms with van der Waals surface area (Å²) in [6, 6.07) is 16.3. The Morgan fingerprint density at radius 1 is 1.00 bits per heavy atom. The summed E-state index contributed by atoms with van der Waals surface area (Å²) in [6.07, 6.45) is 12.6. The molecule has 1 saturated heterocycles. The summed E-state index contributed by atoms with van der Waals surface area (Å²) in [5, 5.41) is 9.76. The topological polar surface area (TPSA) is 40.5 Å². The summed E-state index contributed by atoms with van der Waals surface area (Å²) >= 11 is 0. The molecule has 2 aliphatic rings. The lowest BCUT2D eigenvalue weighted by atomic mass is 9.89. The molecular formula is C27H35NO2. The summed E-state index contributed by atoms with van der Waals surface area (Å²) in [5.74, 6) is -0.0915. The first-order valence-corrected chi connectivity index (χ1v) is 11.8. The van der Waals surface area contributed by atoms with Gasteiger partial charge in [0.05, 0.1) is 0 Å². The van der Waals surface area contributed by atoms with Crippen molar-refractivity contribution >= 4 is 5.97 Å². The van der Waals surface area contributed by atoms with Crippen molar-refractivity contribution in [3.05, 3.63) is 70.8 Å². The van der Waals surface area contributed by atoms with Gasteiger partial charge in [-0.3, -0.25) is 9.69 Å². The molecule has 2 aromatic rings. The highest BCUT2D eigenvalue weighted by atomic mass is 16.4. The molecule has 0 bridgehead atoms. The fraction of sp³-hybridized carbons (Fsp3) is 0.519. The van der Waals surface area contributed by atoms with Crippen molar-refractivity contribution < 1.29 is 9.90 Å². The van der Waals surface area contributed by atoms with E-state index < -0.39 is 12.0 Å². The summed E-state index contributed by atoms with van der Waals surface area (Å²) in [5.41, 5.74) is 5.58. The molecule has 4 rings (SSSR count). The highest BCUT2D eigenvalue weighted by molar-refractivity contribution is 5.75. The smallest absolute Gasteiger partial charge is 0.325 e. The average molecular weight is 406 g/mol. The average Bonchev–Trinajstić information content (AvgIpc) is 3.22. The normalized spacial score (nSPS) is 20.1. The molecule has 1 aliphatic heterocycles. The van der Waals surface area contributed by atoms with Crippen LogP contribution >= 0.6 is 0 Å². The van der Waals surface area contributed by atoms with E-state index in [9.17, 15) is 9.90 Å². The molecule has 30 heavy (non-hydrogen) atoms. The third-order valence-corrected chi connectivity index (χ3v) is 7.02. The number of carboxylic acids is 1. The molecule has 1 unspecified atom stereocenters. The summed E-state index contributed by atoms with van der Waals surface area (Å²) in [7, 11) is 0. The largest absolute Gasteiger partial charge is 0.480 e. The van der Waals surface area contributed by atoms with E-state index in [2.05, 4.69) is 23.1 Å². The van der Waals surface area contributed by atoms with Crippen molar-refractivity contribution in [2.75, 3.05) is 13.1 Å². The van der Waals surface area contributed by atoms with Crippen LogP contribution in [0.25, 0.3) is 0 Å². The predicted octanol–water partition coefficient (Wildman–Crippen LogP) is 5.82. The molecule has 1 fully saturated rings. The van der Waals surface area contributed by atoms with Crippen molar-refractivity contribution in [3.8, 4) is 0 Å². The highest BCUT2D eigenvalue weighted by Gasteiger charge is 2.33. The molecule has 1 aliphatic carbocycles. The second kappa shape index (κ2) is 10.3. The van der Waals surface area contributed by atoms with Crippen LogP contribution in [0.5, 0.6) is 0 Å². The predicted molar refractivity (Wildman–Crippen MR) is 122 cm³/mol. The summed E-state index contributed by atoms with van der Waals surface area (Å²) < 4.78 is 0. The van der Waals surface area contributed by atoms with Crippen LogP contribution in [0.15, 0.2) is 48.5 Å². The first kappa shape index (κ1) is 21.1. The SMILES string of the molecule is O=C(O)C(c1ccccc1)N1CC[C@@H](CCCCCc2ccc3c(c2)CCCC3)C1. The van der Waals surface area contributed by atoms with E-state index >= 15 is 0 Å². The number of rotatable bonds is 9. The van der Waals surface area contributed by atoms with E-state index in [-0.39, 0.29) is 0 Å². The van der Waals surface area contributed by atoms with Crippen LogP contribution in [0.2, 0.25) is 0 Å². The van der Waals surface area contributed by atoms with Crippen LogP contribution in [0.4, 0.5) is 0 Å². The van der Waals surface area contributed by atoms with Crippen LogP contribution in [-0.4, -0.2) is 29.1 Å². The number of hydrogen-bond acceptors (Lipinski definition) is 2. The van der Waals surface area contributed by atoms with Crippen molar-refractivity contribution in [1.82, 2.24) is 4.90 Å². The number of benzene rings is 2. The molecule has 0 saturated carbocycles. The Morgan fingerprint density at radius 2 is 1.80 bits per heavy atom. The first-order chi connectivity index (χ1) is 14.7. The zero-order valence-corrected chi connectivity index (χ0v) is 18.1. The van der Waals surface area contributed by atoms with E-state index in [1.807, 2.05) is 30.3 Å². The van der Waals surface area contributed by atoms with Gasteiger partial charge in [-0.1, -0.05) is 61.4 Å². The van der Waals surface area contributed by atoms with Gasteiger partial charge in [0.25, 0.3) is 0 Å². The Hall–Kier alpha value is -2.13. The van der Waals surface area contributed by atoms with Gasteiger partial charge in [-0.25, -0.2) is 0 Å². The minimum Gasteiger partial charge on any atom is -0.480 e. The maximum absolute atomic E-state index is 11.9. The fourth-order valence-corrected chi connectivity index (χ4v) is 5.36. The molecule has 0 amide bonds. The zero-order chi connectivity index (χ0) is 20.8. The Morgan fingerprint density at radius 3 is 2.60 bits per heavy atom. The van der Waals surface area contributed by atoms with Gasteiger partial charge in [-0.15, -0.1) is 0 Å². The summed E-state index contributed by atoms with van der Waals surface area (Å²) in [4.78, 5) is 14.0. The number of carboxylic acid groups (broad SMARTS) is 1.